The minimum atomic E-state index is -0.384. The second kappa shape index (κ2) is 3.42. The number of carbonyl (C=O) groups is 1. The summed E-state index contributed by atoms with van der Waals surface area (Å²) in [5.74, 6) is -0.384. The molecule has 3 nitrogen and oxygen atoms in total. The smallest absolute Gasteiger partial charge is 0.248 e. The average Bonchev–Trinajstić information content (AvgIpc) is 2.18. The van der Waals surface area contributed by atoms with Crippen LogP contribution in [-0.4, -0.2) is 5.91 Å². The first kappa shape index (κ1) is 9.21. The Hall–Kier alpha value is -1.35. The molecule has 1 amide bonds. The van der Waals surface area contributed by atoms with Gasteiger partial charge in [-0.1, -0.05) is 6.07 Å². The molecule has 1 unspecified atom stereocenters. The van der Waals surface area contributed by atoms with Crippen molar-refractivity contribution < 1.29 is 4.79 Å². The molecule has 74 valence electrons. The number of rotatable bonds is 1. The molecule has 1 aliphatic rings. The van der Waals surface area contributed by atoms with Crippen molar-refractivity contribution in [2.75, 3.05) is 0 Å². The van der Waals surface area contributed by atoms with Crippen molar-refractivity contribution in [2.45, 2.75) is 25.3 Å². The van der Waals surface area contributed by atoms with Crippen molar-refractivity contribution in [2.24, 2.45) is 11.5 Å². The molecule has 0 radical (unpaired) electrons. The van der Waals surface area contributed by atoms with Crippen LogP contribution < -0.4 is 11.5 Å². The van der Waals surface area contributed by atoms with Crippen LogP contribution in [0, 0.1) is 0 Å². The Balaban J connectivity index is 2.45. The molecular weight excluding hydrogens is 176 g/mol. The van der Waals surface area contributed by atoms with Crippen molar-refractivity contribution in [1.82, 2.24) is 0 Å². The third-order valence-electron chi connectivity index (χ3n) is 2.79. The highest BCUT2D eigenvalue weighted by atomic mass is 16.1. The zero-order valence-electron chi connectivity index (χ0n) is 7.99. The van der Waals surface area contributed by atoms with Gasteiger partial charge in [0.05, 0.1) is 0 Å². The molecule has 0 heterocycles. The Kier molecular flexibility index (Phi) is 2.25. The van der Waals surface area contributed by atoms with Gasteiger partial charge in [0, 0.05) is 11.6 Å². The molecule has 2 rings (SSSR count). The van der Waals surface area contributed by atoms with Gasteiger partial charge >= 0.3 is 0 Å². The lowest BCUT2D eigenvalue weighted by atomic mass is 9.87. The first-order valence-electron chi connectivity index (χ1n) is 4.86. The SMILES string of the molecule is NC(=O)c1ccc2c(c1)C(N)CCC2. The van der Waals surface area contributed by atoms with Gasteiger partial charge in [0.15, 0.2) is 0 Å². The molecule has 0 bridgehead atoms. The molecule has 0 saturated carbocycles. The van der Waals surface area contributed by atoms with E-state index in [4.69, 9.17) is 11.5 Å². The van der Waals surface area contributed by atoms with E-state index < -0.39 is 0 Å². The Labute approximate surface area is 83.1 Å². The fourth-order valence-corrected chi connectivity index (χ4v) is 1.99. The number of primary amides is 1. The number of hydrogen-bond donors (Lipinski definition) is 2. The molecule has 0 saturated heterocycles. The van der Waals surface area contributed by atoms with Crippen molar-refractivity contribution in [1.29, 1.82) is 0 Å². The molecule has 0 fully saturated rings. The monoisotopic (exact) mass is 190 g/mol. The highest BCUT2D eigenvalue weighted by Gasteiger charge is 2.17. The van der Waals surface area contributed by atoms with E-state index in [-0.39, 0.29) is 11.9 Å². The lowest BCUT2D eigenvalue weighted by Gasteiger charge is -2.22. The summed E-state index contributed by atoms with van der Waals surface area (Å²) >= 11 is 0. The zero-order valence-corrected chi connectivity index (χ0v) is 7.99. The fourth-order valence-electron chi connectivity index (χ4n) is 1.99. The minimum Gasteiger partial charge on any atom is -0.366 e. The van der Waals surface area contributed by atoms with Crippen LogP contribution in [-0.2, 0) is 6.42 Å². The van der Waals surface area contributed by atoms with Gasteiger partial charge in [0.25, 0.3) is 0 Å². The van der Waals surface area contributed by atoms with Gasteiger partial charge in [0.2, 0.25) is 5.91 Å². The lowest BCUT2D eigenvalue weighted by Crippen LogP contribution is -2.19. The van der Waals surface area contributed by atoms with Crippen LogP contribution >= 0.6 is 0 Å². The van der Waals surface area contributed by atoms with Crippen LogP contribution in [0.3, 0.4) is 0 Å². The predicted octanol–water partition coefficient (Wildman–Crippen LogP) is 1.12. The Morgan fingerprint density at radius 1 is 1.43 bits per heavy atom. The Morgan fingerprint density at radius 3 is 2.93 bits per heavy atom. The molecule has 1 atom stereocenters. The van der Waals surface area contributed by atoms with Crippen LogP contribution in [0.4, 0.5) is 0 Å². The van der Waals surface area contributed by atoms with E-state index in [1.54, 1.807) is 6.07 Å². The van der Waals surface area contributed by atoms with E-state index in [9.17, 15) is 4.79 Å². The van der Waals surface area contributed by atoms with Gasteiger partial charge in [-0.25, -0.2) is 0 Å². The van der Waals surface area contributed by atoms with Crippen LogP contribution in [0.15, 0.2) is 18.2 Å². The third kappa shape index (κ3) is 1.51. The number of nitrogens with two attached hydrogens (primary N) is 2. The van der Waals surface area contributed by atoms with Gasteiger partial charge in [-0.05, 0) is 42.5 Å². The van der Waals surface area contributed by atoms with E-state index in [0.29, 0.717) is 5.56 Å². The second-order valence-electron chi connectivity index (χ2n) is 3.78. The highest BCUT2D eigenvalue weighted by molar-refractivity contribution is 5.93. The molecule has 0 aliphatic heterocycles. The van der Waals surface area contributed by atoms with E-state index in [2.05, 4.69) is 0 Å². The summed E-state index contributed by atoms with van der Waals surface area (Å²) < 4.78 is 0. The van der Waals surface area contributed by atoms with Crippen molar-refractivity contribution in [3.05, 3.63) is 34.9 Å². The molecule has 1 aromatic carbocycles. The maximum atomic E-state index is 11.0. The van der Waals surface area contributed by atoms with Crippen molar-refractivity contribution in [3.63, 3.8) is 0 Å². The lowest BCUT2D eigenvalue weighted by molar-refractivity contribution is 0.1000. The summed E-state index contributed by atoms with van der Waals surface area (Å²) in [4.78, 5) is 11.0. The minimum absolute atomic E-state index is 0.0676. The molecule has 3 heteroatoms. The van der Waals surface area contributed by atoms with Crippen molar-refractivity contribution in [3.8, 4) is 0 Å². The number of carbonyl (C=O) groups excluding carboxylic acids is 1. The van der Waals surface area contributed by atoms with Crippen LogP contribution in [0.25, 0.3) is 0 Å². The highest BCUT2D eigenvalue weighted by Crippen LogP contribution is 2.28. The van der Waals surface area contributed by atoms with Gasteiger partial charge in [-0.2, -0.15) is 0 Å². The largest absolute Gasteiger partial charge is 0.366 e. The Morgan fingerprint density at radius 2 is 2.21 bits per heavy atom. The van der Waals surface area contributed by atoms with E-state index in [1.807, 2.05) is 12.1 Å². The number of benzene rings is 1. The van der Waals surface area contributed by atoms with Gasteiger partial charge in [-0.15, -0.1) is 0 Å². The fraction of sp³-hybridized carbons (Fsp3) is 0.364. The van der Waals surface area contributed by atoms with Crippen molar-refractivity contribution >= 4 is 5.91 Å². The first-order chi connectivity index (χ1) is 6.68. The summed E-state index contributed by atoms with van der Waals surface area (Å²) in [6.07, 6.45) is 3.18. The van der Waals surface area contributed by atoms with E-state index in [0.717, 1.165) is 24.8 Å². The third-order valence-corrected chi connectivity index (χ3v) is 2.79. The van der Waals surface area contributed by atoms with Gasteiger partial charge < -0.3 is 11.5 Å². The Bertz CT molecular complexity index is 374. The molecule has 4 N–H and O–H groups in total. The molecule has 0 aromatic heterocycles. The second-order valence-corrected chi connectivity index (χ2v) is 3.78. The maximum absolute atomic E-state index is 11.0. The summed E-state index contributed by atoms with van der Waals surface area (Å²) in [6.45, 7) is 0. The summed E-state index contributed by atoms with van der Waals surface area (Å²) in [5, 5.41) is 0. The van der Waals surface area contributed by atoms with Crippen LogP contribution in [0.2, 0.25) is 0 Å². The maximum Gasteiger partial charge on any atom is 0.248 e. The average molecular weight is 190 g/mol. The number of amides is 1. The van der Waals surface area contributed by atoms with E-state index in [1.165, 1.54) is 5.56 Å². The van der Waals surface area contributed by atoms with Gasteiger partial charge in [0.1, 0.15) is 0 Å². The predicted molar refractivity (Wildman–Crippen MR) is 54.8 cm³/mol. The van der Waals surface area contributed by atoms with Gasteiger partial charge in [-0.3, -0.25) is 4.79 Å². The quantitative estimate of drug-likeness (QED) is 0.696. The number of aryl methyl sites for hydroxylation is 1. The van der Waals surface area contributed by atoms with E-state index >= 15 is 0 Å². The van der Waals surface area contributed by atoms with Crippen LogP contribution in [0.1, 0.15) is 40.4 Å². The molecule has 1 aliphatic carbocycles. The number of hydrogen-bond acceptors (Lipinski definition) is 2. The normalized spacial score (nSPS) is 20.2. The summed E-state index contributed by atoms with van der Waals surface area (Å²) in [6, 6.07) is 5.65. The molecule has 14 heavy (non-hydrogen) atoms. The summed E-state index contributed by atoms with van der Waals surface area (Å²) in [7, 11) is 0. The topological polar surface area (TPSA) is 69.1 Å². The molecule has 1 aromatic rings. The number of fused-ring (bicyclic) bond motifs is 1. The summed E-state index contributed by atoms with van der Waals surface area (Å²) in [5.41, 5.74) is 14.1. The first-order valence-corrected chi connectivity index (χ1v) is 4.86. The van der Waals surface area contributed by atoms with Crippen LogP contribution in [0.5, 0.6) is 0 Å². The zero-order chi connectivity index (χ0) is 10.1. The molecular formula is C11H14N2O. The molecule has 0 spiro atoms. The standard InChI is InChI=1S/C11H14N2O/c12-10-3-1-2-7-4-5-8(11(13)14)6-9(7)10/h4-6,10H,1-3,12H2,(H2,13,14).